The first-order chi connectivity index (χ1) is 11.2. The van der Waals surface area contributed by atoms with Crippen molar-refractivity contribution in [1.82, 2.24) is 0 Å². The van der Waals surface area contributed by atoms with Gasteiger partial charge < -0.3 is 4.74 Å². The highest BCUT2D eigenvalue weighted by molar-refractivity contribution is 4.82. The van der Waals surface area contributed by atoms with Crippen LogP contribution in [0.25, 0.3) is 0 Å². The van der Waals surface area contributed by atoms with Crippen molar-refractivity contribution in [3.8, 4) is 0 Å². The average molecular weight is 321 g/mol. The Hall–Kier alpha value is -0.0400. The minimum atomic E-state index is 0.569. The van der Waals surface area contributed by atoms with Crippen molar-refractivity contribution < 1.29 is 4.74 Å². The Morgan fingerprint density at radius 1 is 0.609 bits per heavy atom. The molecule has 0 heterocycles. The van der Waals surface area contributed by atoms with Crippen LogP contribution in [-0.2, 0) is 4.74 Å². The lowest BCUT2D eigenvalue weighted by atomic mass is 9.68. The van der Waals surface area contributed by atoms with E-state index >= 15 is 0 Å². The van der Waals surface area contributed by atoms with E-state index in [4.69, 9.17) is 4.74 Å². The lowest BCUT2D eigenvalue weighted by Crippen LogP contribution is -2.26. The normalized spacial score (nSPS) is 42.5. The summed E-state index contributed by atoms with van der Waals surface area (Å²) in [6.45, 7) is 2.45. The summed E-state index contributed by atoms with van der Waals surface area (Å²) in [6, 6.07) is 0. The molecule has 3 saturated carbocycles. The third-order valence-electron chi connectivity index (χ3n) is 7.73. The first-order valence-corrected chi connectivity index (χ1v) is 10.8. The van der Waals surface area contributed by atoms with Crippen molar-refractivity contribution >= 4 is 0 Å². The molecular weight excluding hydrogens is 280 g/mol. The van der Waals surface area contributed by atoms with Gasteiger partial charge in [0.15, 0.2) is 0 Å². The fourth-order valence-corrected chi connectivity index (χ4v) is 5.83. The number of hydrogen-bond donors (Lipinski definition) is 0. The fraction of sp³-hybridized carbons (Fsp3) is 1.00. The lowest BCUT2D eigenvalue weighted by Gasteiger charge is -2.37. The Morgan fingerprint density at radius 3 is 1.52 bits per heavy atom. The predicted molar refractivity (Wildman–Crippen MR) is 98.6 cm³/mol. The molecule has 0 aromatic carbocycles. The highest BCUT2D eigenvalue weighted by Gasteiger charge is 2.30. The summed E-state index contributed by atoms with van der Waals surface area (Å²) >= 11 is 0. The van der Waals surface area contributed by atoms with Crippen LogP contribution in [-0.4, -0.2) is 13.2 Å². The maximum Gasteiger partial charge on any atom is 0.0571 e. The van der Waals surface area contributed by atoms with Crippen LogP contribution in [0.2, 0.25) is 0 Å². The molecule has 3 fully saturated rings. The summed E-state index contributed by atoms with van der Waals surface area (Å²) in [4.78, 5) is 0. The van der Waals surface area contributed by atoms with E-state index < -0.39 is 0 Å². The Balaban J connectivity index is 1.30. The van der Waals surface area contributed by atoms with Gasteiger partial charge in [-0.15, -0.1) is 0 Å². The van der Waals surface area contributed by atoms with Gasteiger partial charge in [-0.05, 0) is 81.0 Å². The van der Waals surface area contributed by atoms with E-state index in [1.165, 1.54) is 51.4 Å². The van der Waals surface area contributed by atoms with Crippen LogP contribution < -0.4 is 0 Å². The minimum Gasteiger partial charge on any atom is -0.381 e. The number of methoxy groups -OCH3 is 1. The second kappa shape index (κ2) is 8.88. The quantitative estimate of drug-likeness (QED) is 0.554. The average Bonchev–Trinajstić information content (AvgIpc) is 2.61. The van der Waals surface area contributed by atoms with E-state index in [0.717, 1.165) is 29.6 Å². The molecule has 3 aliphatic carbocycles. The number of rotatable bonds is 5. The van der Waals surface area contributed by atoms with Crippen molar-refractivity contribution in [2.24, 2.45) is 29.6 Å². The maximum absolute atomic E-state index is 5.51. The van der Waals surface area contributed by atoms with Gasteiger partial charge in [0.05, 0.1) is 6.10 Å². The van der Waals surface area contributed by atoms with E-state index in [0.29, 0.717) is 6.10 Å². The zero-order valence-electron chi connectivity index (χ0n) is 15.8. The zero-order valence-corrected chi connectivity index (χ0v) is 15.8. The van der Waals surface area contributed by atoms with Crippen LogP contribution in [0.1, 0.15) is 96.8 Å². The molecule has 0 atom stereocenters. The molecule has 0 aliphatic heterocycles. The van der Waals surface area contributed by atoms with E-state index in [2.05, 4.69) is 6.92 Å². The topological polar surface area (TPSA) is 9.23 Å². The zero-order chi connectivity index (χ0) is 16.1. The second-order valence-corrected chi connectivity index (χ2v) is 9.26. The van der Waals surface area contributed by atoms with E-state index in [1.807, 2.05) is 7.11 Å². The molecule has 0 unspecified atom stereocenters. The Bertz CT molecular complexity index is 315. The molecule has 0 aromatic heterocycles. The first-order valence-electron chi connectivity index (χ1n) is 10.8. The van der Waals surface area contributed by atoms with Gasteiger partial charge >= 0.3 is 0 Å². The van der Waals surface area contributed by atoms with Crippen molar-refractivity contribution in [2.45, 2.75) is 103 Å². The summed E-state index contributed by atoms with van der Waals surface area (Å²) in [7, 11) is 1.89. The van der Waals surface area contributed by atoms with Gasteiger partial charge in [0.1, 0.15) is 0 Å². The summed E-state index contributed by atoms with van der Waals surface area (Å²) < 4.78 is 5.51. The van der Waals surface area contributed by atoms with Gasteiger partial charge in [-0.25, -0.2) is 0 Å². The summed E-state index contributed by atoms with van der Waals surface area (Å²) in [5.74, 6) is 5.27. The SMILES string of the molecule is COC1CCC(CCC2CCC(C3CCC(C)CC3)CC2)CC1. The van der Waals surface area contributed by atoms with Crippen molar-refractivity contribution in [1.29, 1.82) is 0 Å². The summed E-state index contributed by atoms with van der Waals surface area (Å²) in [5.41, 5.74) is 0. The Kier molecular flexibility index (Phi) is 6.86. The van der Waals surface area contributed by atoms with Crippen LogP contribution in [0.5, 0.6) is 0 Å². The van der Waals surface area contributed by atoms with Crippen LogP contribution in [0.3, 0.4) is 0 Å². The molecule has 0 saturated heterocycles. The Morgan fingerprint density at radius 2 is 1.04 bits per heavy atom. The molecule has 0 amide bonds. The summed E-state index contributed by atoms with van der Waals surface area (Å²) in [5, 5.41) is 0. The predicted octanol–water partition coefficient (Wildman–Crippen LogP) is 6.60. The van der Waals surface area contributed by atoms with Gasteiger partial charge in [0.2, 0.25) is 0 Å². The third-order valence-corrected chi connectivity index (χ3v) is 7.73. The number of hydrogen-bond acceptors (Lipinski definition) is 1. The van der Waals surface area contributed by atoms with Crippen molar-refractivity contribution in [3.63, 3.8) is 0 Å². The molecule has 134 valence electrons. The van der Waals surface area contributed by atoms with Crippen LogP contribution in [0.4, 0.5) is 0 Å². The molecule has 1 heteroatoms. The highest BCUT2D eigenvalue weighted by atomic mass is 16.5. The fourth-order valence-electron chi connectivity index (χ4n) is 5.83. The van der Waals surface area contributed by atoms with Gasteiger partial charge in [-0.2, -0.15) is 0 Å². The molecule has 0 bridgehead atoms. The van der Waals surface area contributed by atoms with E-state index in [1.54, 1.807) is 38.5 Å². The molecule has 0 N–H and O–H groups in total. The molecule has 3 rings (SSSR count). The van der Waals surface area contributed by atoms with Gasteiger partial charge in [0, 0.05) is 7.11 Å². The molecule has 0 spiro atoms. The summed E-state index contributed by atoms with van der Waals surface area (Å²) in [6.07, 6.45) is 21.4. The van der Waals surface area contributed by atoms with Crippen LogP contribution >= 0.6 is 0 Å². The standard InChI is InChI=1S/C22H40O/c1-17-3-11-20(12-4-17)21-13-7-18(8-14-21)5-6-19-9-15-22(23-2)16-10-19/h17-22H,3-16H2,1-2H3. The van der Waals surface area contributed by atoms with E-state index in [-0.39, 0.29) is 0 Å². The first kappa shape index (κ1) is 17.8. The molecule has 0 aromatic rings. The maximum atomic E-state index is 5.51. The van der Waals surface area contributed by atoms with Crippen molar-refractivity contribution in [2.75, 3.05) is 7.11 Å². The van der Waals surface area contributed by atoms with Crippen LogP contribution in [0, 0.1) is 29.6 Å². The molecular formula is C22H40O. The highest BCUT2D eigenvalue weighted by Crippen LogP contribution is 2.42. The third kappa shape index (κ3) is 5.21. The minimum absolute atomic E-state index is 0.569. The largest absolute Gasteiger partial charge is 0.381 e. The van der Waals surface area contributed by atoms with E-state index in [9.17, 15) is 0 Å². The molecule has 3 aliphatic rings. The second-order valence-electron chi connectivity index (χ2n) is 9.26. The van der Waals surface area contributed by atoms with Crippen LogP contribution in [0.15, 0.2) is 0 Å². The Labute approximate surface area is 144 Å². The molecule has 0 radical (unpaired) electrons. The molecule has 1 nitrogen and oxygen atoms in total. The lowest BCUT2D eigenvalue weighted by molar-refractivity contribution is 0.0537. The van der Waals surface area contributed by atoms with Gasteiger partial charge in [-0.3, -0.25) is 0 Å². The molecule has 23 heavy (non-hydrogen) atoms. The van der Waals surface area contributed by atoms with Gasteiger partial charge in [-0.1, -0.05) is 45.4 Å². The smallest absolute Gasteiger partial charge is 0.0571 e. The van der Waals surface area contributed by atoms with Gasteiger partial charge in [0.25, 0.3) is 0 Å². The van der Waals surface area contributed by atoms with Crippen molar-refractivity contribution in [3.05, 3.63) is 0 Å². The number of ether oxygens (including phenoxy) is 1. The monoisotopic (exact) mass is 320 g/mol.